The fraction of sp³-hybridized carbons (Fsp3) is 0.200. The minimum absolute atomic E-state index is 0.117. The van der Waals surface area contributed by atoms with Crippen LogP contribution in [0.5, 0.6) is 0 Å². The molecule has 0 saturated carbocycles. The summed E-state index contributed by atoms with van der Waals surface area (Å²) < 4.78 is 4.83. The molecule has 1 N–H and O–H groups in total. The monoisotopic (exact) mass is 256 g/mol. The smallest absolute Gasteiger partial charge is 0.256 e. The maximum absolute atomic E-state index is 11.6. The van der Waals surface area contributed by atoms with Gasteiger partial charge in [-0.15, -0.1) is 11.3 Å². The Labute approximate surface area is 101 Å². The Balaban J connectivity index is 1.83. The second-order valence-corrected chi connectivity index (χ2v) is 4.36. The molecule has 0 aliphatic heterocycles. The average molecular weight is 257 g/mol. The summed E-state index contributed by atoms with van der Waals surface area (Å²) in [5, 5.41) is 5.77. The number of carbonyl (C=O) groups excluding carboxylic acids is 1. The van der Waals surface area contributed by atoms with Gasteiger partial charge in [-0.25, -0.2) is 4.98 Å². The highest BCUT2D eigenvalue weighted by Crippen LogP contribution is 2.16. The number of halogens is 1. The van der Waals surface area contributed by atoms with E-state index in [0.29, 0.717) is 12.1 Å². The predicted molar refractivity (Wildman–Crippen MR) is 61.9 cm³/mol. The summed E-state index contributed by atoms with van der Waals surface area (Å²) in [5.74, 6) is -0.227. The molecule has 0 aliphatic carbocycles. The van der Waals surface area contributed by atoms with Gasteiger partial charge in [0.15, 0.2) is 0 Å². The highest BCUT2D eigenvalue weighted by Gasteiger charge is 2.12. The van der Waals surface area contributed by atoms with Gasteiger partial charge in [0.2, 0.25) is 5.22 Å². The van der Waals surface area contributed by atoms with Crippen LogP contribution in [0.3, 0.4) is 0 Å². The van der Waals surface area contributed by atoms with Gasteiger partial charge in [0.25, 0.3) is 5.91 Å². The average Bonchev–Trinajstić information content (AvgIpc) is 2.88. The lowest BCUT2D eigenvalue weighted by Gasteiger charge is -2.01. The van der Waals surface area contributed by atoms with Crippen molar-refractivity contribution in [2.75, 3.05) is 6.54 Å². The zero-order chi connectivity index (χ0) is 11.4. The van der Waals surface area contributed by atoms with E-state index < -0.39 is 0 Å². The SMILES string of the molecule is O=C(NCCc1nccs1)c1ccoc1Cl. The van der Waals surface area contributed by atoms with Gasteiger partial charge in [-0.2, -0.15) is 0 Å². The number of nitrogens with one attached hydrogen (secondary N) is 1. The first-order valence-corrected chi connectivity index (χ1v) is 5.92. The molecule has 2 rings (SSSR count). The zero-order valence-corrected chi connectivity index (χ0v) is 9.85. The Morgan fingerprint density at radius 3 is 3.12 bits per heavy atom. The van der Waals surface area contributed by atoms with E-state index >= 15 is 0 Å². The molecule has 0 saturated heterocycles. The van der Waals surface area contributed by atoms with Crippen molar-refractivity contribution in [1.29, 1.82) is 0 Å². The van der Waals surface area contributed by atoms with Crippen molar-refractivity contribution in [2.45, 2.75) is 6.42 Å². The van der Waals surface area contributed by atoms with Crippen LogP contribution in [0, 0.1) is 0 Å². The number of hydrogen-bond donors (Lipinski definition) is 1. The molecule has 2 heterocycles. The second kappa shape index (κ2) is 5.14. The minimum Gasteiger partial charge on any atom is -0.452 e. The van der Waals surface area contributed by atoms with Crippen LogP contribution in [0.15, 0.2) is 28.3 Å². The summed E-state index contributed by atoms with van der Waals surface area (Å²) in [6.07, 6.45) is 3.85. The van der Waals surface area contributed by atoms with E-state index in [1.54, 1.807) is 23.6 Å². The van der Waals surface area contributed by atoms with Gasteiger partial charge in [0.1, 0.15) is 0 Å². The zero-order valence-electron chi connectivity index (χ0n) is 8.27. The number of rotatable bonds is 4. The predicted octanol–water partition coefficient (Wildman–Crippen LogP) is 2.36. The van der Waals surface area contributed by atoms with E-state index in [1.807, 2.05) is 5.38 Å². The number of amides is 1. The van der Waals surface area contributed by atoms with Crippen molar-refractivity contribution in [3.05, 3.63) is 39.7 Å². The Morgan fingerprint density at radius 1 is 1.62 bits per heavy atom. The largest absolute Gasteiger partial charge is 0.452 e. The molecule has 2 aromatic heterocycles. The van der Waals surface area contributed by atoms with E-state index in [2.05, 4.69) is 10.3 Å². The lowest BCUT2D eigenvalue weighted by atomic mass is 10.3. The number of aromatic nitrogens is 1. The van der Waals surface area contributed by atoms with Gasteiger partial charge >= 0.3 is 0 Å². The van der Waals surface area contributed by atoms with Crippen LogP contribution < -0.4 is 5.32 Å². The highest BCUT2D eigenvalue weighted by atomic mass is 35.5. The van der Waals surface area contributed by atoms with E-state index in [9.17, 15) is 4.79 Å². The first-order chi connectivity index (χ1) is 7.77. The van der Waals surface area contributed by atoms with Crippen molar-refractivity contribution in [3.8, 4) is 0 Å². The van der Waals surface area contributed by atoms with E-state index in [1.165, 1.54) is 6.26 Å². The molecule has 0 spiro atoms. The number of thiazole rings is 1. The third kappa shape index (κ3) is 2.62. The van der Waals surface area contributed by atoms with Crippen molar-refractivity contribution in [3.63, 3.8) is 0 Å². The number of nitrogens with zero attached hydrogens (tertiary/aromatic N) is 1. The fourth-order valence-corrected chi connectivity index (χ4v) is 2.03. The number of carbonyl (C=O) groups is 1. The first-order valence-electron chi connectivity index (χ1n) is 4.67. The van der Waals surface area contributed by atoms with Crippen LogP contribution in [0.1, 0.15) is 15.4 Å². The fourth-order valence-electron chi connectivity index (χ4n) is 1.21. The van der Waals surface area contributed by atoms with Crippen molar-refractivity contribution in [2.24, 2.45) is 0 Å². The van der Waals surface area contributed by atoms with Gasteiger partial charge in [-0.3, -0.25) is 4.79 Å². The van der Waals surface area contributed by atoms with Crippen molar-refractivity contribution < 1.29 is 9.21 Å². The van der Waals surface area contributed by atoms with Crippen LogP contribution >= 0.6 is 22.9 Å². The molecule has 0 unspecified atom stereocenters. The number of hydrogen-bond acceptors (Lipinski definition) is 4. The molecule has 0 fully saturated rings. The summed E-state index contributed by atoms with van der Waals surface area (Å²) in [6, 6.07) is 1.54. The molecule has 2 aromatic rings. The molecule has 84 valence electrons. The lowest BCUT2D eigenvalue weighted by molar-refractivity contribution is 0.0953. The molecular weight excluding hydrogens is 248 g/mol. The van der Waals surface area contributed by atoms with E-state index in [0.717, 1.165) is 11.4 Å². The molecule has 0 radical (unpaired) electrons. The number of furan rings is 1. The molecule has 0 aliphatic rings. The summed E-state index contributed by atoms with van der Waals surface area (Å²) in [6.45, 7) is 0.536. The van der Waals surface area contributed by atoms with Crippen molar-refractivity contribution >= 4 is 28.8 Å². The Hall–Kier alpha value is -1.33. The summed E-state index contributed by atoms with van der Waals surface area (Å²) in [4.78, 5) is 15.7. The summed E-state index contributed by atoms with van der Waals surface area (Å²) in [7, 11) is 0. The van der Waals surface area contributed by atoms with Gasteiger partial charge in [-0.1, -0.05) is 0 Å². The molecule has 1 amide bonds. The standard InChI is InChI=1S/C10H9ClN2O2S/c11-9-7(2-5-15-9)10(14)13-3-1-8-12-4-6-16-8/h2,4-6H,1,3H2,(H,13,14). The normalized spacial score (nSPS) is 10.3. The van der Waals surface area contributed by atoms with Gasteiger partial charge in [-0.05, 0) is 17.7 Å². The van der Waals surface area contributed by atoms with Gasteiger partial charge in [0.05, 0.1) is 16.8 Å². The second-order valence-electron chi connectivity index (χ2n) is 3.04. The Kier molecular flexibility index (Phi) is 3.58. The molecule has 0 bridgehead atoms. The maximum Gasteiger partial charge on any atom is 0.256 e. The topological polar surface area (TPSA) is 55.1 Å². The molecule has 6 heteroatoms. The van der Waals surface area contributed by atoms with Crippen LogP contribution in [-0.4, -0.2) is 17.4 Å². The van der Waals surface area contributed by atoms with Gasteiger partial charge in [0, 0.05) is 24.5 Å². The highest BCUT2D eigenvalue weighted by molar-refractivity contribution is 7.09. The lowest BCUT2D eigenvalue weighted by Crippen LogP contribution is -2.25. The molecule has 0 atom stereocenters. The third-order valence-corrected chi connectivity index (χ3v) is 3.10. The van der Waals surface area contributed by atoms with Crippen LogP contribution in [0.2, 0.25) is 5.22 Å². The van der Waals surface area contributed by atoms with Crippen LogP contribution in [0.4, 0.5) is 0 Å². The van der Waals surface area contributed by atoms with Crippen molar-refractivity contribution in [1.82, 2.24) is 10.3 Å². The van der Waals surface area contributed by atoms with Crippen LogP contribution in [-0.2, 0) is 6.42 Å². The maximum atomic E-state index is 11.6. The van der Waals surface area contributed by atoms with E-state index in [-0.39, 0.29) is 11.1 Å². The quantitative estimate of drug-likeness (QED) is 0.914. The van der Waals surface area contributed by atoms with Crippen LogP contribution in [0.25, 0.3) is 0 Å². The summed E-state index contributed by atoms with van der Waals surface area (Å²) >= 11 is 7.24. The molecule has 0 aromatic carbocycles. The summed E-state index contributed by atoms with van der Waals surface area (Å²) in [5.41, 5.74) is 0.362. The molecule has 4 nitrogen and oxygen atoms in total. The first kappa shape index (κ1) is 11.2. The minimum atomic E-state index is -0.227. The van der Waals surface area contributed by atoms with E-state index in [4.69, 9.17) is 16.0 Å². The van der Waals surface area contributed by atoms with Gasteiger partial charge < -0.3 is 9.73 Å². The molecule has 16 heavy (non-hydrogen) atoms. The third-order valence-electron chi connectivity index (χ3n) is 1.97. The Bertz CT molecular complexity index is 467. The Morgan fingerprint density at radius 2 is 2.50 bits per heavy atom. The molecular formula is C10H9ClN2O2S.